The van der Waals surface area contributed by atoms with Crippen molar-refractivity contribution < 1.29 is 17.6 Å². The molecule has 186 valence electrons. The number of alkyl halides is 3. The molecular weight excluding hydrogens is 472 g/mol. The van der Waals surface area contributed by atoms with Crippen LogP contribution in [0.1, 0.15) is 42.5 Å². The summed E-state index contributed by atoms with van der Waals surface area (Å²) >= 11 is 0. The van der Waals surface area contributed by atoms with Gasteiger partial charge in [-0.05, 0) is 42.7 Å². The van der Waals surface area contributed by atoms with Crippen LogP contribution in [-0.4, -0.2) is 39.3 Å². The summed E-state index contributed by atoms with van der Waals surface area (Å²) in [7, 11) is 0. The van der Waals surface area contributed by atoms with Crippen molar-refractivity contribution in [2.24, 2.45) is 0 Å². The van der Waals surface area contributed by atoms with E-state index in [1.807, 2.05) is 6.92 Å². The highest BCUT2D eigenvalue weighted by atomic mass is 19.4. The molecule has 14 heteroatoms. The molecule has 3 aromatic heterocycles. The van der Waals surface area contributed by atoms with Crippen molar-refractivity contribution in [1.29, 1.82) is 0 Å². The highest BCUT2D eigenvalue weighted by molar-refractivity contribution is 5.69. The Morgan fingerprint density at radius 1 is 1.09 bits per heavy atom. The first kappa shape index (κ1) is 24.3. The molecule has 1 N–H and O–H groups in total. The number of fused-ring (bicyclic) bond motifs is 1. The van der Waals surface area contributed by atoms with Crippen molar-refractivity contribution in [1.82, 2.24) is 39.3 Å². The van der Waals surface area contributed by atoms with Gasteiger partial charge in [0.25, 0.3) is 5.56 Å². The molecule has 0 aliphatic rings. The van der Waals surface area contributed by atoms with Crippen LogP contribution in [0.2, 0.25) is 0 Å². The lowest BCUT2D eigenvalue weighted by Crippen LogP contribution is -2.40. The molecule has 0 bridgehead atoms. The van der Waals surface area contributed by atoms with Gasteiger partial charge in [0.1, 0.15) is 17.2 Å². The minimum absolute atomic E-state index is 0.00785. The van der Waals surface area contributed by atoms with E-state index in [0.717, 1.165) is 16.7 Å². The molecule has 35 heavy (non-hydrogen) atoms. The quantitative estimate of drug-likeness (QED) is 0.376. The number of aromatic nitrogens is 8. The van der Waals surface area contributed by atoms with E-state index in [9.17, 15) is 27.2 Å². The Balaban J connectivity index is 1.45. The van der Waals surface area contributed by atoms with E-state index < -0.39 is 28.8 Å². The van der Waals surface area contributed by atoms with E-state index in [2.05, 4.69) is 25.4 Å². The smallest absolute Gasteiger partial charge is 0.336 e. The molecule has 0 aliphatic carbocycles. The number of aromatic amines is 1. The third kappa shape index (κ3) is 5.00. The van der Waals surface area contributed by atoms with Gasteiger partial charge in [0.15, 0.2) is 11.5 Å². The first-order valence-corrected chi connectivity index (χ1v) is 10.9. The van der Waals surface area contributed by atoms with Crippen LogP contribution < -0.4 is 11.2 Å². The van der Waals surface area contributed by atoms with E-state index in [-0.39, 0.29) is 36.4 Å². The Bertz CT molecular complexity index is 1480. The summed E-state index contributed by atoms with van der Waals surface area (Å²) in [6, 6.07) is 2.63. The molecule has 0 saturated carbocycles. The molecule has 1 aromatic carbocycles. The fourth-order valence-corrected chi connectivity index (χ4v) is 3.80. The average Bonchev–Trinajstić information content (AvgIpc) is 3.39. The molecule has 3 heterocycles. The molecule has 0 unspecified atom stereocenters. The van der Waals surface area contributed by atoms with Gasteiger partial charge in [-0.3, -0.25) is 13.9 Å². The first-order valence-electron chi connectivity index (χ1n) is 10.9. The maximum absolute atomic E-state index is 13.8. The zero-order valence-electron chi connectivity index (χ0n) is 18.9. The number of imidazole rings is 1. The monoisotopic (exact) mass is 494 g/mol. The summed E-state index contributed by atoms with van der Waals surface area (Å²) in [6.45, 7) is 4.38. The molecule has 0 spiro atoms. The fraction of sp³-hybridized carbons (Fsp3) is 0.429. The Morgan fingerprint density at radius 3 is 2.54 bits per heavy atom. The summed E-state index contributed by atoms with van der Waals surface area (Å²) in [5.41, 5.74) is -1.39. The lowest BCUT2D eigenvalue weighted by Gasteiger charge is -2.10. The topological polar surface area (TPSA) is 116 Å². The van der Waals surface area contributed by atoms with Gasteiger partial charge in [-0.1, -0.05) is 13.0 Å². The summed E-state index contributed by atoms with van der Waals surface area (Å²) in [6.07, 6.45) is -3.75. The van der Waals surface area contributed by atoms with E-state index in [0.29, 0.717) is 36.9 Å². The summed E-state index contributed by atoms with van der Waals surface area (Å²) < 4.78 is 54.5. The van der Waals surface area contributed by atoms with E-state index in [1.54, 1.807) is 6.92 Å². The van der Waals surface area contributed by atoms with Crippen LogP contribution in [0.5, 0.6) is 0 Å². The summed E-state index contributed by atoms with van der Waals surface area (Å²) in [5.74, 6) is -0.640. The normalized spacial score (nSPS) is 12.1. The number of aryl methyl sites for hydroxylation is 3. The molecule has 0 amide bonds. The van der Waals surface area contributed by atoms with Crippen molar-refractivity contribution in [3.8, 4) is 0 Å². The van der Waals surface area contributed by atoms with Crippen LogP contribution in [0.15, 0.2) is 27.8 Å². The van der Waals surface area contributed by atoms with Gasteiger partial charge in [0.05, 0.1) is 12.1 Å². The van der Waals surface area contributed by atoms with E-state index in [4.69, 9.17) is 0 Å². The largest absolute Gasteiger partial charge is 0.419 e. The Kier molecular flexibility index (Phi) is 6.54. The highest BCUT2D eigenvalue weighted by Gasteiger charge is 2.33. The third-order valence-corrected chi connectivity index (χ3v) is 5.36. The second-order valence-corrected chi connectivity index (χ2v) is 8.06. The van der Waals surface area contributed by atoms with Crippen LogP contribution in [0, 0.1) is 12.7 Å². The Hall–Kier alpha value is -3.84. The molecule has 0 fully saturated rings. The average molecular weight is 494 g/mol. The number of rotatable bonds is 8. The third-order valence-electron chi connectivity index (χ3n) is 5.36. The predicted octanol–water partition coefficient (Wildman–Crippen LogP) is 2.43. The fourth-order valence-electron chi connectivity index (χ4n) is 3.80. The number of nitrogens with zero attached hydrogens (tertiary/aromatic N) is 7. The van der Waals surface area contributed by atoms with Crippen LogP contribution in [0.4, 0.5) is 17.6 Å². The van der Waals surface area contributed by atoms with E-state index in [1.165, 1.54) is 9.36 Å². The number of nitrogens with one attached hydrogen (secondary N) is 1. The van der Waals surface area contributed by atoms with Crippen LogP contribution in [0.25, 0.3) is 11.2 Å². The number of benzene rings is 1. The highest BCUT2D eigenvalue weighted by Crippen LogP contribution is 2.31. The first-order chi connectivity index (χ1) is 16.6. The van der Waals surface area contributed by atoms with E-state index >= 15 is 0 Å². The van der Waals surface area contributed by atoms with Gasteiger partial charge in [-0.2, -0.15) is 18.0 Å². The Morgan fingerprint density at radius 2 is 1.86 bits per heavy atom. The second-order valence-electron chi connectivity index (χ2n) is 8.06. The lowest BCUT2D eigenvalue weighted by atomic mass is 10.1. The molecule has 0 saturated heterocycles. The van der Waals surface area contributed by atoms with Crippen LogP contribution in [0.3, 0.4) is 0 Å². The number of hydrogen-bond acceptors (Lipinski definition) is 6. The van der Waals surface area contributed by atoms with Gasteiger partial charge >= 0.3 is 11.9 Å². The SMILES string of the molecule is CCCn1c(=O)n(CCCn2nnc(Cc3ccc(C(F)(F)F)c(F)c3)n2)c(=O)c2[nH]c(C)nc21. The summed E-state index contributed by atoms with van der Waals surface area (Å²) in [5, 5.41) is 11.9. The van der Waals surface area contributed by atoms with Crippen molar-refractivity contribution in [2.45, 2.75) is 58.9 Å². The van der Waals surface area contributed by atoms with Crippen molar-refractivity contribution in [3.05, 3.63) is 67.6 Å². The Labute approximate surface area is 195 Å². The maximum Gasteiger partial charge on any atom is 0.419 e. The van der Waals surface area contributed by atoms with Gasteiger partial charge in [0.2, 0.25) is 0 Å². The maximum atomic E-state index is 13.8. The molecular formula is C21H22F4N8O2. The molecule has 4 aromatic rings. The van der Waals surface area contributed by atoms with Crippen molar-refractivity contribution in [2.75, 3.05) is 0 Å². The van der Waals surface area contributed by atoms with Crippen molar-refractivity contribution in [3.63, 3.8) is 0 Å². The van der Waals surface area contributed by atoms with Gasteiger partial charge in [0, 0.05) is 19.5 Å². The molecule has 0 radical (unpaired) electrons. The van der Waals surface area contributed by atoms with Crippen molar-refractivity contribution >= 4 is 11.2 Å². The predicted molar refractivity (Wildman–Crippen MR) is 116 cm³/mol. The van der Waals surface area contributed by atoms with Gasteiger partial charge in [-0.15, -0.1) is 10.2 Å². The molecule has 10 nitrogen and oxygen atoms in total. The number of halogens is 4. The lowest BCUT2D eigenvalue weighted by molar-refractivity contribution is -0.140. The summed E-state index contributed by atoms with van der Waals surface area (Å²) in [4.78, 5) is 34.1. The molecule has 0 aliphatic heterocycles. The number of hydrogen-bond donors (Lipinski definition) is 1. The minimum atomic E-state index is -4.77. The van der Waals surface area contributed by atoms with Gasteiger partial charge in [-0.25, -0.2) is 14.2 Å². The van der Waals surface area contributed by atoms with Crippen LogP contribution >= 0.6 is 0 Å². The molecule has 4 rings (SSSR count). The minimum Gasteiger partial charge on any atom is -0.336 e. The van der Waals surface area contributed by atoms with Crippen LogP contribution in [-0.2, 0) is 32.2 Å². The standard InChI is InChI=1S/C21H22F4N8O2/c1-3-7-31-18-17(26-12(2)27-18)19(34)32(20(31)35)8-4-9-33-29-16(28-30-33)11-13-5-6-14(15(22)10-13)21(23,24)25/h5-6,10H,3-4,7-9,11H2,1-2H3,(H,26,27). The zero-order valence-corrected chi connectivity index (χ0v) is 18.9. The second kappa shape index (κ2) is 9.43. The molecule has 0 atom stereocenters. The van der Waals surface area contributed by atoms with Gasteiger partial charge < -0.3 is 4.98 Å². The number of tetrazole rings is 1. The zero-order chi connectivity index (χ0) is 25.3. The number of H-pyrrole nitrogens is 1.